The fourth-order valence-electron chi connectivity index (χ4n) is 1.84. The van der Waals surface area contributed by atoms with Gasteiger partial charge in [-0.15, -0.1) is 0 Å². The van der Waals surface area contributed by atoms with Crippen LogP contribution in [-0.2, 0) is 11.3 Å². The summed E-state index contributed by atoms with van der Waals surface area (Å²) in [5.41, 5.74) is 1.91. The molecule has 18 heavy (non-hydrogen) atoms. The molecule has 1 fully saturated rings. The standard InChI is InChI=1S/C14H14N2O2/c17-14(11-3-4-11)16-8-10-6-12(9-15-7-10)13-2-1-5-18-13/h1-2,5-7,9,11H,3-4,8H2,(H,16,17). The van der Waals surface area contributed by atoms with Crippen molar-refractivity contribution < 1.29 is 9.21 Å². The van der Waals surface area contributed by atoms with Gasteiger partial charge in [-0.1, -0.05) is 0 Å². The number of carbonyl (C=O) groups excluding carboxylic acids is 1. The van der Waals surface area contributed by atoms with Crippen molar-refractivity contribution in [2.75, 3.05) is 0 Å². The molecule has 1 N–H and O–H groups in total. The molecule has 2 aromatic rings. The van der Waals surface area contributed by atoms with Crippen molar-refractivity contribution in [1.82, 2.24) is 10.3 Å². The lowest BCUT2D eigenvalue weighted by Crippen LogP contribution is -2.24. The molecule has 92 valence electrons. The predicted molar refractivity (Wildman–Crippen MR) is 66.5 cm³/mol. The molecule has 4 heteroatoms. The molecule has 4 nitrogen and oxygen atoms in total. The zero-order valence-corrected chi connectivity index (χ0v) is 9.93. The molecular weight excluding hydrogens is 228 g/mol. The summed E-state index contributed by atoms with van der Waals surface area (Å²) in [5, 5.41) is 2.92. The molecule has 1 saturated carbocycles. The largest absolute Gasteiger partial charge is 0.464 e. The van der Waals surface area contributed by atoms with Crippen LogP contribution in [0.1, 0.15) is 18.4 Å². The number of carbonyl (C=O) groups is 1. The van der Waals surface area contributed by atoms with Crippen LogP contribution < -0.4 is 5.32 Å². The molecule has 0 aliphatic heterocycles. The Bertz CT molecular complexity index is 545. The summed E-state index contributed by atoms with van der Waals surface area (Å²) in [6, 6.07) is 5.72. The normalized spacial score (nSPS) is 14.4. The Balaban J connectivity index is 1.69. The maximum atomic E-state index is 11.5. The molecule has 0 unspecified atom stereocenters. The van der Waals surface area contributed by atoms with Gasteiger partial charge >= 0.3 is 0 Å². The first-order chi connectivity index (χ1) is 8.83. The second-order valence-electron chi connectivity index (χ2n) is 4.55. The van der Waals surface area contributed by atoms with E-state index in [0.29, 0.717) is 6.54 Å². The average molecular weight is 242 g/mol. The zero-order chi connectivity index (χ0) is 12.4. The van der Waals surface area contributed by atoms with Gasteiger partial charge in [-0.3, -0.25) is 9.78 Å². The molecule has 0 radical (unpaired) electrons. The van der Waals surface area contributed by atoms with Gasteiger partial charge in [-0.25, -0.2) is 0 Å². The fourth-order valence-corrected chi connectivity index (χ4v) is 1.84. The summed E-state index contributed by atoms with van der Waals surface area (Å²) in [4.78, 5) is 15.7. The van der Waals surface area contributed by atoms with Gasteiger partial charge in [-0.05, 0) is 36.6 Å². The van der Waals surface area contributed by atoms with Gasteiger partial charge in [0.1, 0.15) is 5.76 Å². The van der Waals surface area contributed by atoms with Crippen molar-refractivity contribution in [3.63, 3.8) is 0 Å². The molecule has 0 atom stereocenters. The summed E-state index contributed by atoms with van der Waals surface area (Å²) in [5.74, 6) is 1.18. The summed E-state index contributed by atoms with van der Waals surface area (Å²) >= 11 is 0. The molecule has 0 bridgehead atoms. The molecule has 2 heterocycles. The van der Waals surface area contributed by atoms with Crippen molar-refractivity contribution in [3.05, 3.63) is 42.4 Å². The first-order valence-electron chi connectivity index (χ1n) is 6.08. The second-order valence-corrected chi connectivity index (χ2v) is 4.55. The number of nitrogens with one attached hydrogen (secondary N) is 1. The van der Waals surface area contributed by atoms with Gasteiger partial charge in [-0.2, -0.15) is 0 Å². The van der Waals surface area contributed by atoms with Crippen LogP contribution in [0.2, 0.25) is 0 Å². The van der Waals surface area contributed by atoms with Crippen LogP contribution in [0.25, 0.3) is 11.3 Å². The Morgan fingerprint density at radius 3 is 3.06 bits per heavy atom. The SMILES string of the molecule is O=C(NCc1cncc(-c2ccco2)c1)C1CC1. The van der Waals surface area contributed by atoms with Gasteiger partial charge < -0.3 is 9.73 Å². The van der Waals surface area contributed by atoms with Gasteiger partial charge in [0.25, 0.3) is 0 Å². The minimum atomic E-state index is 0.151. The lowest BCUT2D eigenvalue weighted by Gasteiger charge is -2.05. The topological polar surface area (TPSA) is 55.1 Å². The molecule has 1 amide bonds. The first-order valence-corrected chi connectivity index (χ1v) is 6.08. The van der Waals surface area contributed by atoms with Crippen LogP contribution in [-0.4, -0.2) is 10.9 Å². The van der Waals surface area contributed by atoms with E-state index in [2.05, 4.69) is 10.3 Å². The van der Waals surface area contributed by atoms with Gasteiger partial charge in [0.05, 0.1) is 6.26 Å². The third-order valence-corrected chi connectivity index (χ3v) is 3.02. The van der Waals surface area contributed by atoms with E-state index >= 15 is 0 Å². The molecule has 0 saturated heterocycles. The van der Waals surface area contributed by atoms with Crippen molar-refractivity contribution in [2.45, 2.75) is 19.4 Å². The van der Waals surface area contributed by atoms with Crippen LogP contribution in [0.15, 0.2) is 41.3 Å². The smallest absolute Gasteiger partial charge is 0.223 e. The summed E-state index contributed by atoms with van der Waals surface area (Å²) in [6.07, 6.45) is 7.20. The number of pyridine rings is 1. The average Bonchev–Trinajstić information content (AvgIpc) is 3.11. The molecule has 0 aromatic carbocycles. The Hall–Kier alpha value is -2.10. The third kappa shape index (κ3) is 2.42. The minimum Gasteiger partial charge on any atom is -0.464 e. The van der Waals surface area contributed by atoms with Gasteiger partial charge in [0, 0.05) is 30.4 Å². The second kappa shape index (κ2) is 4.64. The number of aromatic nitrogens is 1. The summed E-state index contributed by atoms with van der Waals surface area (Å²) in [6.45, 7) is 0.525. The van der Waals surface area contributed by atoms with E-state index in [-0.39, 0.29) is 11.8 Å². The third-order valence-electron chi connectivity index (χ3n) is 3.02. The highest BCUT2D eigenvalue weighted by Gasteiger charge is 2.29. The molecule has 2 aromatic heterocycles. The highest BCUT2D eigenvalue weighted by molar-refractivity contribution is 5.80. The number of furan rings is 1. The monoisotopic (exact) mass is 242 g/mol. The number of amides is 1. The van der Waals surface area contributed by atoms with Crippen molar-refractivity contribution in [1.29, 1.82) is 0 Å². The van der Waals surface area contributed by atoms with Crippen molar-refractivity contribution in [3.8, 4) is 11.3 Å². The van der Waals surface area contributed by atoms with Crippen LogP contribution in [0.4, 0.5) is 0 Å². The first kappa shape index (κ1) is 11.0. The number of hydrogen-bond donors (Lipinski definition) is 1. The van der Waals surface area contributed by atoms with Gasteiger partial charge in [0.15, 0.2) is 0 Å². The fraction of sp³-hybridized carbons (Fsp3) is 0.286. The molecular formula is C14H14N2O2. The Labute approximate surface area is 105 Å². The van der Waals surface area contributed by atoms with E-state index in [1.54, 1.807) is 18.7 Å². The quantitative estimate of drug-likeness (QED) is 0.895. The molecule has 1 aliphatic rings. The van der Waals surface area contributed by atoms with E-state index in [9.17, 15) is 4.79 Å². The Morgan fingerprint density at radius 2 is 2.33 bits per heavy atom. The number of nitrogens with zero attached hydrogens (tertiary/aromatic N) is 1. The minimum absolute atomic E-state index is 0.151. The van der Waals surface area contributed by atoms with Crippen LogP contribution in [0.3, 0.4) is 0 Å². The lowest BCUT2D eigenvalue weighted by molar-refractivity contribution is -0.122. The van der Waals surface area contributed by atoms with E-state index in [0.717, 1.165) is 29.7 Å². The molecule has 3 rings (SSSR count). The summed E-state index contributed by atoms with van der Waals surface area (Å²) in [7, 11) is 0. The highest BCUT2D eigenvalue weighted by Crippen LogP contribution is 2.28. The van der Waals surface area contributed by atoms with Crippen molar-refractivity contribution >= 4 is 5.91 Å². The van der Waals surface area contributed by atoms with E-state index in [1.165, 1.54) is 0 Å². The van der Waals surface area contributed by atoms with Crippen LogP contribution >= 0.6 is 0 Å². The number of hydrogen-bond acceptors (Lipinski definition) is 3. The van der Waals surface area contributed by atoms with Crippen molar-refractivity contribution in [2.24, 2.45) is 5.92 Å². The predicted octanol–water partition coefficient (Wildman–Crippen LogP) is 2.37. The maximum Gasteiger partial charge on any atom is 0.223 e. The van der Waals surface area contributed by atoms with Crippen LogP contribution in [0.5, 0.6) is 0 Å². The Morgan fingerprint density at radius 1 is 1.44 bits per heavy atom. The molecule has 1 aliphatic carbocycles. The van der Waals surface area contributed by atoms with E-state index in [4.69, 9.17) is 4.42 Å². The number of rotatable bonds is 4. The van der Waals surface area contributed by atoms with E-state index < -0.39 is 0 Å². The highest BCUT2D eigenvalue weighted by atomic mass is 16.3. The maximum absolute atomic E-state index is 11.5. The molecule has 0 spiro atoms. The van der Waals surface area contributed by atoms with Gasteiger partial charge in [0.2, 0.25) is 5.91 Å². The zero-order valence-electron chi connectivity index (χ0n) is 9.93. The van der Waals surface area contributed by atoms with Crippen LogP contribution in [0, 0.1) is 5.92 Å². The van der Waals surface area contributed by atoms with E-state index in [1.807, 2.05) is 18.2 Å². The summed E-state index contributed by atoms with van der Waals surface area (Å²) < 4.78 is 5.32. The Kier molecular flexibility index (Phi) is 2.84. The lowest BCUT2D eigenvalue weighted by atomic mass is 10.1.